The molecule has 5 nitrogen and oxygen atoms in total. The second kappa shape index (κ2) is 5.27. The SMILES string of the molecule is Cc1ccc(Nc2cc(N)cc([N+](=O)[O-])c2)c(Br)c1. The molecule has 0 saturated carbocycles. The van der Waals surface area contributed by atoms with Crippen LogP contribution in [0, 0.1) is 17.0 Å². The van der Waals surface area contributed by atoms with Crippen molar-refractivity contribution in [2.24, 2.45) is 0 Å². The average molecular weight is 322 g/mol. The first-order valence-corrected chi connectivity index (χ1v) is 6.33. The van der Waals surface area contributed by atoms with Crippen LogP contribution in [0.2, 0.25) is 0 Å². The number of nitrogen functional groups attached to an aromatic ring is 1. The first-order chi connectivity index (χ1) is 8.95. The van der Waals surface area contributed by atoms with Crippen LogP contribution < -0.4 is 11.1 Å². The number of nitro groups is 1. The highest BCUT2D eigenvalue weighted by atomic mass is 79.9. The highest BCUT2D eigenvalue weighted by Crippen LogP contribution is 2.29. The Morgan fingerprint density at radius 1 is 1.26 bits per heavy atom. The molecule has 2 aromatic rings. The molecule has 2 aromatic carbocycles. The van der Waals surface area contributed by atoms with E-state index >= 15 is 0 Å². The zero-order valence-electron chi connectivity index (χ0n) is 10.2. The van der Waals surface area contributed by atoms with Crippen LogP contribution in [0.1, 0.15) is 5.56 Å². The zero-order chi connectivity index (χ0) is 14.0. The molecule has 98 valence electrons. The molecule has 0 heterocycles. The van der Waals surface area contributed by atoms with Gasteiger partial charge < -0.3 is 11.1 Å². The van der Waals surface area contributed by atoms with Crippen molar-refractivity contribution in [2.45, 2.75) is 6.92 Å². The summed E-state index contributed by atoms with van der Waals surface area (Å²) in [6.45, 7) is 1.99. The van der Waals surface area contributed by atoms with Crippen molar-refractivity contribution in [3.8, 4) is 0 Å². The lowest BCUT2D eigenvalue weighted by Gasteiger charge is -2.10. The van der Waals surface area contributed by atoms with Gasteiger partial charge in [0.2, 0.25) is 0 Å². The molecule has 0 aliphatic carbocycles. The third-order valence-electron chi connectivity index (χ3n) is 2.55. The monoisotopic (exact) mass is 321 g/mol. The highest BCUT2D eigenvalue weighted by Gasteiger charge is 2.09. The number of halogens is 1. The van der Waals surface area contributed by atoms with Crippen LogP contribution in [-0.2, 0) is 0 Å². The Kier molecular flexibility index (Phi) is 3.71. The summed E-state index contributed by atoms with van der Waals surface area (Å²) in [4.78, 5) is 10.3. The minimum atomic E-state index is -0.467. The van der Waals surface area contributed by atoms with Gasteiger partial charge in [-0.2, -0.15) is 0 Å². The standard InChI is InChI=1S/C13H12BrN3O2/c1-8-2-3-13(12(14)4-8)16-10-5-9(15)6-11(7-10)17(18)19/h2-7,16H,15H2,1H3. The van der Waals surface area contributed by atoms with Crippen molar-refractivity contribution in [2.75, 3.05) is 11.1 Å². The second-order valence-corrected chi connectivity index (χ2v) is 5.03. The number of anilines is 3. The number of hydrogen-bond acceptors (Lipinski definition) is 4. The highest BCUT2D eigenvalue weighted by molar-refractivity contribution is 9.10. The van der Waals surface area contributed by atoms with Gasteiger partial charge in [0.1, 0.15) is 0 Å². The summed E-state index contributed by atoms with van der Waals surface area (Å²) in [6.07, 6.45) is 0. The number of hydrogen-bond donors (Lipinski definition) is 2. The molecular weight excluding hydrogens is 310 g/mol. The summed E-state index contributed by atoms with van der Waals surface area (Å²) in [5.74, 6) is 0. The Morgan fingerprint density at radius 2 is 2.00 bits per heavy atom. The first-order valence-electron chi connectivity index (χ1n) is 5.54. The molecule has 0 aromatic heterocycles. The van der Waals surface area contributed by atoms with Gasteiger partial charge in [0.15, 0.2) is 0 Å². The topological polar surface area (TPSA) is 81.2 Å². The number of nitro benzene ring substituents is 1. The van der Waals surface area contributed by atoms with Crippen LogP contribution in [0.25, 0.3) is 0 Å². The molecule has 2 rings (SSSR count). The van der Waals surface area contributed by atoms with Crippen LogP contribution in [0.15, 0.2) is 40.9 Å². The minimum Gasteiger partial charge on any atom is -0.398 e. The maximum atomic E-state index is 10.8. The van der Waals surface area contributed by atoms with E-state index in [4.69, 9.17) is 5.73 Å². The Bertz CT molecular complexity index is 644. The van der Waals surface area contributed by atoms with E-state index in [0.717, 1.165) is 15.7 Å². The lowest BCUT2D eigenvalue weighted by Crippen LogP contribution is -1.96. The Morgan fingerprint density at radius 3 is 2.63 bits per heavy atom. The van der Waals surface area contributed by atoms with Crippen LogP contribution >= 0.6 is 15.9 Å². The van der Waals surface area contributed by atoms with Crippen LogP contribution in [0.3, 0.4) is 0 Å². The third-order valence-corrected chi connectivity index (χ3v) is 3.21. The van der Waals surface area contributed by atoms with Crippen molar-refractivity contribution in [3.05, 3.63) is 56.5 Å². The molecule has 0 spiro atoms. The van der Waals surface area contributed by atoms with E-state index in [1.54, 1.807) is 6.07 Å². The Labute approximate surface area is 118 Å². The van der Waals surface area contributed by atoms with Crippen molar-refractivity contribution in [1.29, 1.82) is 0 Å². The number of rotatable bonds is 3. The largest absolute Gasteiger partial charge is 0.398 e. The fourth-order valence-electron chi connectivity index (χ4n) is 1.69. The number of nitrogens with one attached hydrogen (secondary N) is 1. The number of aryl methyl sites for hydroxylation is 1. The number of benzene rings is 2. The predicted octanol–water partition coefficient (Wildman–Crippen LogP) is 3.99. The minimum absolute atomic E-state index is 0.0364. The van der Waals surface area contributed by atoms with Crippen molar-refractivity contribution < 1.29 is 4.92 Å². The lowest BCUT2D eigenvalue weighted by atomic mass is 10.2. The summed E-state index contributed by atoms with van der Waals surface area (Å²) in [7, 11) is 0. The lowest BCUT2D eigenvalue weighted by molar-refractivity contribution is -0.384. The molecule has 0 saturated heterocycles. The van der Waals surface area contributed by atoms with E-state index in [9.17, 15) is 10.1 Å². The van der Waals surface area contributed by atoms with Gasteiger partial charge in [-0.25, -0.2) is 0 Å². The summed E-state index contributed by atoms with van der Waals surface area (Å²) < 4.78 is 0.887. The maximum Gasteiger partial charge on any atom is 0.273 e. The maximum absolute atomic E-state index is 10.8. The molecule has 0 radical (unpaired) electrons. The molecule has 0 fully saturated rings. The van der Waals surface area contributed by atoms with Gasteiger partial charge in [-0.15, -0.1) is 0 Å². The summed E-state index contributed by atoms with van der Waals surface area (Å²) in [5.41, 5.74) is 8.49. The third kappa shape index (κ3) is 3.23. The summed E-state index contributed by atoms with van der Waals surface area (Å²) in [5, 5.41) is 13.9. The first kappa shape index (κ1) is 13.4. The van der Waals surface area contributed by atoms with Crippen LogP contribution in [0.5, 0.6) is 0 Å². The van der Waals surface area contributed by atoms with E-state index in [2.05, 4.69) is 21.2 Å². The van der Waals surface area contributed by atoms with E-state index in [1.807, 2.05) is 25.1 Å². The van der Waals surface area contributed by atoms with Crippen molar-refractivity contribution >= 4 is 38.7 Å². The number of nitrogens with zero attached hydrogens (tertiary/aromatic N) is 1. The van der Waals surface area contributed by atoms with Gasteiger partial charge in [-0.05, 0) is 46.6 Å². The molecule has 0 aliphatic rings. The smallest absolute Gasteiger partial charge is 0.273 e. The van der Waals surface area contributed by atoms with Crippen molar-refractivity contribution in [3.63, 3.8) is 0 Å². The molecule has 0 atom stereocenters. The van der Waals surface area contributed by atoms with Gasteiger partial charge in [0, 0.05) is 28.0 Å². The number of nitrogens with two attached hydrogens (primary N) is 1. The Hall–Kier alpha value is -2.08. The van der Waals surface area contributed by atoms with Gasteiger partial charge in [-0.3, -0.25) is 10.1 Å². The normalized spacial score (nSPS) is 10.2. The zero-order valence-corrected chi connectivity index (χ0v) is 11.8. The second-order valence-electron chi connectivity index (χ2n) is 4.18. The molecule has 0 bridgehead atoms. The fraction of sp³-hybridized carbons (Fsp3) is 0.0769. The van der Waals surface area contributed by atoms with E-state index < -0.39 is 4.92 Å². The molecular formula is C13H12BrN3O2. The molecule has 19 heavy (non-hydrogen) atoms. The van der Waals surface area contributed by atoms with Crippen molar-refractivity contribution in [1.82, 2.24) is 0 Å². The van der Waals surface area contributed by atoms with E-state index in [0.29, 0.717) is 11.4 Å². The van der Waals surface area contributed by atoms with E-state index in [-0.39, 0.29) is 5.69 Å². The average Bonchev–Trinajstić information content (AvgIpc) is 2.32. The quantitative estimate of drug-likeness (QED) is 0.508. The van der Waals surface area contributed by atoms with Crippen LogP contribution in [0.4, 0.5) is 22.7 Å². The molecule has 3 N–H and O–H groups in total. The summed E-state index contributed by atoms with van der Waals surface area (Å²) in [6, 6.07) is 10.2. The fourth-order valence-corrected chi connectivity index (χ4v) is 2.28. The molecule has 0 unspecified atom stereocenters. The van der Waals surface area contributed by atoms with E-state index in [1.165, 1.54) is 12.1 Å². The number of non-ortho nitro benzene ring substituents is 1. The molecule has 6 heteroatoms. The predicted molar refractivity (Wildman–Crippen MR) is 79.7 cm³/mol. The summed E-state index contributed by atoms with van der Waals surface area (Å²) >= 11 is 3.44. The molecule has 0 amide bonds. The Balaban J connectivity index is 2.35. The van der Waals surface area contributed by atoms with Gasteiger partial charge in [-0.1, -0.05) is 6.07 Å². The van der Waals surface area contributed by atoms with Gasteiger partial charge in [0.05, 0.1) is 10.6 Å². The molecule has 0 aliphatic heterocycles. The van der Waals surface area contributed by atoms with Gasteiger partial charge >= 0.3 is 0 Å². The van der Waals surface area contributed by atoms with Crippen LogP contribution in [-0.4, -0.2) is 4.92 Å². The van der Waals surface area contributed by atoms with Gasteiger partial charge in [0.25, 0.3) is 5.69 Å².